The number of carbonyl (C=O) groups is 1. The van der Waals surface area contributed by atoms with Crippen LogP contribution in [0.4, 0.5) is 0 Å². The van der Waals surface area contributed by atoms with Crippen LogP contribution in [0.1, 0.15) is 0 Å². The monoisotopic (exact) mass is 115 g/mol. The first kappa shape index (κ1) is 6.43. The van der Waals surface area contributed by atoms with Crippen LogP contribution in [-0.4, -0.2) is 27.9 Å². The van der Waals surface area contributed by atoms with Crippen LogP contribution in [0.15, 0.2) is 12.7 Å². The van der Waals surface area contributed by atoms with Crippen molar-refractivity contribution in [2.75, 3.05) is 6.54 Å². The molecule has 2 nitrogen and oxygen atoms in total. The van der Waals surface area contributed by atoms with E-state index in [1.54, 1.807) is 10.6 Å². The molecule has 0 N–H and O–H groups in total. The van der Waals surface area contributed by atoms with Crippen molar-refractivity contribution in [3.05, 3.63) is 12.7 Å². The standard InChI is InChI=1S/C4H9NOSi/c1-2-3-5(7)4-6/h2,4H,1,3H2,7H3. The van der Waals surface area contributed by atoms with Gasteiger partial charge in [0.1, 0.15) is 10.4 Å². The van der Waals surface area contributed by atoms with E-state index >= 15 is 0 Å². The van der Waals surface area contributed by atoms with E-state index in [4.69, 9.17) is 0 Å². The highest BCUT2D eigenvalue weighted by atomic mass is 28.2. The summed E-state index contributed by atoms with van der Waals surface area (Å²) >= 11 is 0. The molecule has 3 heteroatoms. The predicted octanol–water partition coefficient (Wildman–Crippen LogP) is -1.09. The maximum Gasteiger partial charge on any atom is 0.201 e. The number of carbonyl (C=O) groups excluding carboxylic acids is 1. The third-order valence-corrected chi connectivity index (χ3v) is 1.17. The Morgan fingerprint density at radius 3 is 2.57 bits per heavy atom. The summed E-state index contributed by atoms with van der Waals surface area (Å²) in [4.78, 5) is 9.81. The van der Waals surface area contributed by atoms with Gasteiger partial charge in [0.25, 0.3) is 0 Å². The lowest BCUT2D eigenvalue weighted by Crippen LogP contribution is -2.16. The Balaban J connectivity index is 3.15. The largest absolute Gasteiger partial charge is 0.377 e. The predicted molar refractivity (Wildman–Crippen MR) is 32.9 cm³/mol. The third kappa shape index (κ3) is 3.25. The molecule has 0 rings (SSSR count). The summed E-state index contributed by atoms with van der Waals surface area (Å²) in [5.74, 6) is 0. The molecule has 0 saturated heterocycles. The molecule has 0 fully saturated rings. The van der Waals surface area contributed by atoms with E-state index in [1.807, 2.05) is 0 Å². The van der Waals surface area contributed by atoms with Gasteiger partial charge in [0.15, 0.2) is 0 Å². The van der Waals surface area contributed by atoms with Crippen LogP contribution in [0, 0.1) is 0 Å². The highest BCUT2D eigenvalue weighted by Crippen LogP contribution is 1.69. The van der Waals surface area contributed by atoms with Gasteiger partial charge in [-0.25, -0.2) is 0 Å². The Kier molecular flexibility index (Phi) is 3.32. The summed E-state index contributed by atoms with van der Waals surface area (Å²) in [5, 5.41) is 0. The number of hydrogen-bond acceptors (Lipinski definition) is 1. The van der Waals surface area contributed by atoms with Crippen molar-refractivity contribution < 1.29 is 4.79 Å². The van der Waals surface area contributed by atoms with E-state index in [0.717, 1.165) is 16.8 Å². The van der Waals surface area contributed by atoms with Gasteiger partial charge in [-0.2, -0.15) is 0 Å². The summed E-state index contributed by atoms with van der Waals surface area (Å²) in [5.41, 5.74) is 0. The Morgan fingerprint density at radius 2 is 2.43 bits per heavy atom. The minimum atomic E-state index is 0.690. The SMILES string of the molecule is C=CCN([SiH3])C=O. The van der Waals surface area contributed by atoms with Crippen molar-refractivity contribution >= 4 is 16.8 Å². The fraction of sp³-hybridized carbons (Fsp3) is 0.250. The molecule has 0 spiro atoms. The second-order valence-corrected chi connectivity index (χ2v) is 2.48. The van der Waals surface area contributed by atoms with Crippen molar-refractivity contribution in [1.82, 2.24) is 4.57 Å². The van der Waals surface area contributed by atoms with E-state index in [2.05, 4.69) is 6.58 Å². The summed E-state index contributed by atoms with van der Waals surface area (Å²) in [7, 11) is 0.793. The van der Waals surface area contributed by atoms with Gasteiger partial charge >= 0.3 is 0 Å². The van der Waals surface area contributed by atoms with E-state index < -0.39 is 0 Å². The highest BCUT2D eigenvalue weighted by Gasteiger charge is 1.81. The van der Waals surface area contributed by atoms with Gasteiger partial charge in [-0.15, -0.1) is 6.58 Å². The summed E-state index contributed by atoms with van der Waals surface area (Å²) in [6.45, 7) is 4.16. The summed E-state index contributed by atoms with van der Waals surface area (Å²) in [6.07, 6.45) is 2.54. The first-order chi connectivity index (χ1) is 3.31. The number of hydrogen-bond donors (Lipinski definition) is 0. The van der Waals surface area contributed by atoms with Crippen molar-refractivity contribution in [3.63, 3.8) is 0 Å². The van der Waals surface area contributed by atoms with Crippen molar-refractivity contribution in [3.8, 4) is 0 Å². The first-order valence-electron chi connectivity index (χ1n) is 2.07. The zero-order chi connectivity index (χ0) is 5.70. The van der Waals surface area contributed by atoms with E-state index in [9.17, 15) is 4.79 Å². The number of amides is 1. The molecule has 1 amide bonds. The van der Waals surface area contributed by atoms with Crippen molar-refractivity contribution in [2.24, 2.45) is 0 Å². The van der Waals surface area contributed by atoms with Crippen LogP contribution >= 0.6 is 0 Å². The average molecular weight is 115 g/mol. The molecule has 0 aliphatic rings. The number of nitrogens with zero attached hydrogens (tertiary/aromatic N) is 1. The molecular weight excluding hydrogens is 106 g/mol. The molecule has 7 heavy (non-hydrogen) atoms. The molecule has 0 aromatic carbocycles. The molecule has 0 aromatic rings. The minimum Gasteiger partial charge on any atom is -0.377 e. The van der Waals surface area contributed by atoms with Crippen molar-refractivity contribution in [2.45, 2.75) is 0 Å². The second kappa shape index (κ2) is 3.61. The molecule has 0 radical (unpaired) electrons. The Morgan fingerprint density at radius 1 is 1.86 bits per heavy atom. The van der Waals surface area contributed by atoms with Crippen LogP contribution in [0.5, 0.6) is 0 Å². The first-order valence-corrected chi connectivity index (χ1v) is 2.97. The molecule has 0 aliphatic carbocycles. The topological polar surface area (TPSA) is 20.3 Å². The molecule has 40 valence electrons. The third-order valence-electron chi connectivity index (χ3n) is 0.597. The lowest BCUT2D eigenvalue weighted by molar-refractivity contribution is -0.113. The van der Waals surface area contributed by atoms with Crippen LogP contribution in [0.2, 0.25) is 0 Å². The van der Waals surface area contributed by atoms with Gasteiger partial charge in [0.2, 0.25) is 6.41 Å². The van der Waals surface area contributed by atoms with E-state index in [-0.39, 0.29) is 0 Å². The molecule has 0 saturated carbocycles. The molecule has 0 aliphatic heterocycles. The average Bonchev–Trinajstić information content (AvgIpc) is 1.68. The Hall–Kier alpha value is -0.573. The van der Waals surface area contributed by atoms with Gasteiger partial charge in [-0.05, 0) is 0 Å². The van der Waals surface area contributed by atoms with Crippen LogP contribution < -0.4 is 0 Å². The zero-order valence-corrected chi connectivity index (χ0v) is 6.42. The maximum atomic E-state index is 9.81. The molecule has 0 unspecified atom stereocenters. The molecule has 0 heterocycles. The smallest absolute Gasteiger partial charge is 0.201 e. The van der Waals surface area contributed by atoms with Crippen LogP contribution in [0.3, 0.4) is 0 Å². The number of rotatable bonds is 3. The summed E-state index contributed by atoms with van der Waals surface area (Å²) in [6, 6.07) is 0. The van der Waals surface area contributed by atoms with Crippen LogP contribution in [0.25, 0.3) is 0 Å². The molecule has 0 atom stereocenters. The lowest BCUT2D eigenvalue weighted by Gasteiger charge is -2.03. The molecule has 0 bridgehead atoms. The highest BCUT2D eigenvalue weighted by molar-refractivity contribution is 6.10. The summed E-state index contributed by atoms with van der Waals surface area (Å²) < 4.78 is 1.65. The normalized spacial score (nSPS) is 8.00. The van der Waals surface area contributed by atoms with Gasteiger partial charge in [0.05, 0.1) is 0 Å². The zero-order valence-electron chi connectivity index (χ0n) is 4.42. The van der Waals surface area contributed by atoms with Gasteiger partial charge in [-0.1, -0.05) is 6.08 Å². The molecule has 0 aromatic heterocycles. The van der Waals surface area contributed by atoms with Crippen molar-refractivity contribution in [1.29, 1.82) is 0 Å². The second-order valence-electron chi connectivity index (χ2n) is 1.33. The Bertz CT molecular complexity index is 74.1. The van der Waals surface area contributed by atoms with Gasteiger partial charge in [0, 0.05) is 6.54 Å². The fourth-order valence-electron chi connectivity index (χ4n) is 0.247. The minimum absolute atomic E-state index is 0.690. The van der Waals surface area contributed by atoms with Crippen LogP contribution in [-0.2, 0) is 4.79 Å². The van der Waals surface area contributed by atoms with E-state index in [0.29, 0.717) is 6.54 Å². The quantitative estimate of drug-likeness (QED) is 0.260. The Labute approximate surface area is 46.3 Å². The van der Waals surface area contributed by atoms with Gasteiger partial charge < -0.3 is 4.57 Å². The molecular formula is C4H9NOSi. The maximum absolute atomic E-state index is 9.81. The van der Waals surface area contributed by atoms with Gasteiger partial charge in [-0.3, -0.25) is 4.79 Å². The lowest BCUT2D eigenvalue weighted by atomic mass is 10.6. The fourth-order valence-corrected chi connectivity index (χ4v) is 0.505. The van der Waals surface area contributed by atoms with E-state index in [1.165, 1.54) is 0 Å².